The summed E-state index contributed by atoms with van der Waals surface area (Å²) in [6.07, 6.45) is 4.80. The van der Waals surface area contributed by atoms with Crippen LogP contribution in [0.25, 0.3) is 0 Å². The maximum atomic E-state index is 12.7. The third-order valence-electron chi connectivity index (χ3n) is 5.50. The van der Waals surface area contributed by atoms with Crippen LogP contribution in [-0.2, 0) is 12.8 Å². The minimum atomic E-state index is 0. The van der Waals surface area contributed by atoms with Crippen molar-refractivity contribution in [2.75, 3.05) is 39.3 Å². The molecular weight excluding hydrogens is 310 g/mol. The number of halogens is 1. The number of amides is 1. The molecule has 1 aromatic carbocycles. The third-order valence-corrected chi connectivity index (χ3v) is 5.50. The van der Waals surface area contributed by atoms with Crippen molar-refractivity contribution < 1.29 is 4.79 Å². The summed E-state index contributed by atoms with van der Waals surface area (Å²) in [6, 6.07) is 7.01. The summed E-state index contributed by atoms with van der Waals surface area (Å²) >= 11 is 0. The Bertz CT molecular complexity index is 563. The summed E-state index contributed by atoms with van der Waals surface area (Å²) in [6.45, 7) is 6.02. The fourth-order valence-corrected chi connectivity index (χ4v) is 4.13. The van der Waals surface area contributed by atoms with Crippen molar-refractivity contribution in [2.24, 2.45) is 0 Å². The highest BCUT2D eigenvalue weighted by Crippen LogP contribution is 2.23. The molecule has 0 saturated carbocycles. The first kappa shape index (κ1) is 16.7. The van der Waals surface area contributed by atoms with Crippen molar-refractivity contribution in [2.45, 2.75) is 31.7 Å². The van der Waals surface area contributed by atoms with Gasteiger partial charge in [0.05, 0.1) is 0 Å². The summed E-state index contributed by atoms with van der Waals surface area (Å²) in [5.74, 6) is 0.221. The van der Waals surface area contributed by atoms with E-state index in [4.69, 9.17) is 0 Å². The molecule has 1 amide bonds. The number of hydrogen-bond acceptors (Lipinski definition) is 3. The molecule has 2 aliphatic heterocycles. The van der Waals surface area contributed by atoms with Crippen molar-refractivity contribution in [3.63, 3.8) is 0 Å². The first-order chi connectivity index (χ1) is 10.8. The molecule has 4 nitrogen and oxygen atoms in total. The Hall–Kier alpha value is -1.10. The fraction of sp³-hybridized carbons (Fsp3) is 0.611. The van der Waals surface area contributed by atoms with E-state index in [0.717, 1.165) is 51.3 Å². The molecule has 2 fully saturated rings. The Morgan fingerprint density at radius 2 is 1.87 bits per heavy atom. The van der Waals surface area contributed by atoms with E-state index in [9.17, 15) is 4.79 Å². The molecule has 1 unspecified atom stereocenters. The predicted octanol–water partition coefficient (Wildman–Crippen LogP) is 1.72. The summed E-state index contributed by atoms with van der Waals surface area (Å²) in [5, 5.41) is 3.43. The molecular formula is C18H26ClN3O. The highest BCUT2D eigenvalue weighted by molar-refractivity contribution is 5.94. The van der Waals surface area contributed by atoms with Crippen LogP contribution < -0.4 is 5.32 Å². The zero-order valence-electron chi connectivity index (χ0n) is 13.6. The monoisotopic (exact) mass is 335 g/mol. The number of carbonyl (C=O) groups is 1. The lowest BCUT2D eigenvalue weighted by Crippen LogP contribution is -2.52. The molecule has 4 rings (SSSR count). The lowest BCUT2D eigenvalue weighted by Gasteiger charge is -2.37. The van der Waals surface area contributed by atoms with Gasteiger partial charge in [-0.1, -0.05) is 6.07 Å². The van der Waals surface area contributed by atoms with Crippen LogP contribution in [0.3, 0.4) is 0 Å². The lowest BCUT2D eigenvalue weighted by molar-refractivity contribution is 0.0584. The number of aryl methyl sites for hydroxylation is 2. The van der Waals surface area contributed by atoms with E-state index < -0.39 is 0 Å². The maximum absolute atomic E-state index is 12.7. The van der Waals surface area contributed by atoms with E-state index >= 15 is 0 Å². The Labute approximate surface area is 144 Å². The van der Waals surface area contributed by atoms with Gasteiger partial charge in [-0.15, -0.1) is 12.4 Å². The van der Waals surface area contributed by atoms with Crippen LogP contribution >= 0.6 is 12.4 Å². The zero-order chi connectivity index (χ0) is 14.9. The van der Waals surface area contributed by atoms with Gasteiger partial charge >= 0.3 is 0 Å². The SMILES string of the molecule is Cl.O=C(c1ccc2c(c1)CCC2)N1CCN(C2CCNC2)CC1. The van der Waals surface area contributed by atoms with Gasteiger partial charge < -0.3 is 10.2 Å². The topological polar surface area (TPSA) is 35.6 Å². The Morgan fingerprint density at radius 3 is 2.61 bits per heavy atom. The van der Waals surface area contributed by atoms with Gasteiger partial charge in [-0.3, -0.25) is 9.69 Å². The summed E-state index contributed by atoms with van der Waals surface area (Å²) in [7, 11) is 0. The smallest absolute Gasteiger partial charge is 0.253 e. The minimum absolute atomic E-state index is 0. The first-order valence-corrected chi connectivity index (χ1v) is 8.67. The molecule has 0 radical (unpaired) electrons. The highest BCUT2D eigenvalue weighted by atomic mass is 35.5. The molecule has 1 atom stereocenters. The van der Waals surface area contributed by atoms with Gasteiger partial charge in [0.2, 0.25) is 0 Å². The molecule has 1 aromatic rings. The number of hydrogen-bond donors (Lipinski definition) is 1. The lowest BCUT2D eigenvalue weighted by atomic mass is 10.1. The van der Waals surface area contributed by atoms with Crippen molar-refractivity contribution in [1.29, 1.82) is 0 Å². The fourth-order valence-electron chi connectivity index (χ4n) is 4.13. The number of fused-ring (bicyclic) bond motifs is 1. The number of benzene rings is 1. The summed E-state index contributed by atoms with van der Waals surface area (Å²) < 4.78 is 0. The molecule has 2 saturated heterocycles. The maximum Gasteiger partial charge on any atom is 0.253 e. The molecule has 2 heterocycles. The molecule has 5 heteroatoms. The van der Waals surface area contributed by atoms with Gasteiger partial charge in [0, 0.05) is 44.3 Å². The predicted molar refractivity (Wildman–Crippen MR) is 94.5 cm³/mol. The van der Waals surface area contributed by atoms with Crippen LogP contribution in [0.5, 0.6) is 0 Å². The third kappa shape index (κ3) is 3.39. The standard InChI is InChI=1S/C18H25N3O.ClH/c22-18(16-5-4-14-2-1-3-15(14)12-16)21-10-8-20(9-11-21)17-6-7-19-13-17;/h4-5,12,17,19H,1-3,6-11,13H2;1H. The van der Waals surface area contributed by atoms with Crippen molar-refractivity contribution >= 4 is 18.3 Å². The van der Waals surface area contributed by atoms with E-state index in [2.05, 4.69) is 22.3 Å². The van der Waals surface area contributed by atoms with Gasteiger partial charge in [-0.25, -0.2) is 0 Å². The summed E-state index contributed by atoms with van der Waals surface area (Å²) in [4.78, 5) is 17.3. The molecule has 126 valence electrons. The second-order valence-electron chi connectivity index (χ2n) is 6.81. The highest BCUT2D eigenvalue weighted by Gasteiger charge is 2.28. The number of carbonyl (C=O) groups excluding carboxylic acids is 1. The second kappa shape index (κ2) is 7.20. The van der Waals surface area contributed by atoms with Gasteiger partial charge in [0.25, 0.3) is 5.91 Å². The molecule has 0 bridgehead atoms. The van der Waals surface area contributed by atoms with Crippen molar-refractivity contribution in [1.82, 2.24) is 15.1 Å². The van der Waals surface area contributed by atoms with E-state index in [1.165, 1.54) is 30.4 Å². The molecule has 3 aliphatic rings. The second-order valence-corrected chi connectivity index (χ2v) is 6.81. The van der Waals surface area contributed by atoms with E-state index in [-0.39, 0.29) is 18.3 Å². The van der Waals surface area contributed by atoms with Crippen LogP contribution in [0, 0.1) is 0 Å². The van der Waals surface area contributed by atoms with Gasteiger partial charge in [-0.2, -0.15) is 0 Å². The molecule has 0 spiro atoms. The van der Waals surface area contributed by atoms with Gasteiger partial charge in [0.15, 0.2) is 0 Å². The quantitative estimate of drug-likeness (QED) is 0.894. The van der Waals surface area contributed by atoms with E-state index in [1.54, 1.807) is 0 Å². The molecule has 1 aliphatic carbocycles. The largest absolute Gasteiger partial charge is 0.336 e. The van der Waals surface area contributed by atoms with Crippen molar-refractivity contribution in [3.05, 3.63) is 34.9 Å². The van der Waals surface area contributed by atoms with Crippen LogP contribution in [0.4, 0.5) is 0 Å². The molecule has 0 aromatic heterocycles. The average molecular weight is 336 g/mol. The van der Waals surface area contributed by atoms with Crippen molar-refractivity contribution in [3.8, 4) is 0 Å². The Kier molecular flexibility index (Phi) is 5.24. The van der Waals surface area contributed by atoms with Gasteiger partial charge in [0.1, 0.15) is 0 Å². The minimum Gasteiger partial charge on any atom is -0.336 e. The van der Waals surface area contributed by atoms with Crippen LogP contribution in [0.2, 0.25) is 0 Å². The zero-order valence-corrected chi connectivity index (χ0v) is 14.4. The Balaban J connectivity index is 0.00000156. The normalized spacial score (nSPS) is 24.3. The van der Waals surface area contributed by atoms with E-state index in [1.807, 2.05) is 11.0 Å². The number of nitrogens with zero attached hydrogens (tertiary/aromatic N) is 2. The van der Waals surface area contributed by atoms with E-state index in [0.29, 0.717) is 6.04 Å². The Morgan fingerprint density at radius 1 is 1.09 bits per heavy atom. The van der Waals surface area contributed by atoms with Crippen LogP contribution in [0.1, 0.15) is 34.3 Å². The average Bonchev–Trinajstić information content (AvgIpc) is 3.25. The first-order valence-electron chi connectivity index (χ1n) is 8.67. The number of piperazine rings is 1. The van der Waals surface area contributed by atoms with Gasteiger partial charge in [-0.05, 0) is 55.5 Å². The summed E-state index contributed by atoms with van der Waals surface area (Å²) in [5.41, 5.74) is 3.72. The van der Waals surface area contributed by atoms with Crippen LogP contribution in [-0.4, -0.2) is 61.0 Å². The van der Waals surface area contributed by atoms with Crippen LogP contribution in [0.15, 0.2) is 18.2 Å². The number of nitrogens with one attached hydrogen (secondary N) is 1. The number of rotatable bonds is 2. The molecule has 1 N–H and O–H groups in total. The molecule has 23 heavy (non-hydrogen) atoms.